The van der Waals surface area contributed by atoms with Gasteiger partial charge in [-0.25, -0.2) is 0 Å². The van der Waals surface area contributed by atoms with Gasteiger partial charge in [0.15, 0.2) is 0 Å². The summed E-state index contributed by atoms with van der Waals surface area (Å²) in [5, 5.41) is 2.75. The van der Waals surface area contributed by atoms with Gasteiger partial charge in [0, 0.05) is 17.3 Å². The summed E-state index contributed by atoms with van der Waals surface area (Å²) in [6, 6.07) is 4.92. The van der Waals surface area contributed by atoms with Crippen LogP contribution < -0.4 is 0 Å². The number of nitrogens with zero attached hydrogens (tertiary/aromatic N) is 1. The zero-order chi connectivity index (χ0) is 11.8. The van der Waals surface area contributed by atoms with Crippen LogP contribution in [0.3, 0.4) is 0 Å². The van der Waals surface area contributed by atoms with Gasteiger partial charge in [-0.15, -0.1) is 11.3 Å². The summed E-state index contributed by atoms with van der Waals surface area (Å²) in [6.07, 6.45) is 6.99. The van der Waals surface area contributed by atoms with Crippen LogP contribution >= 0.6 is 23.1 Å². The van der Waals surface area contributed by atoms with Crippen LogP contribution in [-0.4, -0.2) is 34.4 Å². The highest BCUT2D eigenvalue weighted by Gasteiger charge is 2.43. The van der Waals surface area contributed by atoms with E-state index in [0.717, 1.165) is 10.1 Å². The second-order valence-corrected chi connectivity index (χ2v) is 6.99. The number of hydrogen-bond donors (Lipinski definition) is 0. The third-order valence-corrected chi connectivity index (χ3v) is 5.90. The molecule has 0 aliphatic carbocycles. The molecule has 0 radical (unpaired) electrons. The van der Waals surface area contributed by atoms with E-state index in [1.165, 1.54) is 25.7 Å². The number of amides is 1. The molecule has 1 amide bonds. The number of hydrogen-bond acceptors (Lipinski definition) is 3. The van der Waals surface area contributed by atoms with Crippen LogP contribution in [0.25, 0.3) is 0 Å². The molecule has 3 heterocycles. The van der Waals surface area contributed by atoms with E-state index in [-0.39, 0.29) is 5.91 Å². The van der Waals surface area contributed by atoms with E-state index in [0.29, 0.717) is 12.1 Å². The summed E-state index contributed by atoms with van der Waals surface area (Å²) in [4.78, 5) is 15.5. The summed E-state index contributed by atoms with van der Waals surface area (Å²) in [7, 11) is 0. The van der Waals surface area contributed by atoms with E-state index in [9.17, 15) is 4.79 Å². The van der Waals surface area contributed by atoms with Crippen molar-refractivity contribution in [3.8, 4) is 0 Å². The number of thioether (sulfide) groups is 1. The number of carbonyl (C=O) groups is 1. The Morgan fingerprint density at radius 1 is 1.41 bits per heavy atom. The van der Waals surface area contributed by atoms with Gasteiger partial charge in [0.25, 0.3) is 5.91 Å². The van der Waals surface area contributed by atoms with E-state index in [1.54, 1.807) is 11.3 Å². The molecule has 1 aromatic rings. The lowest BCUT2D eigenvalue weighted by Gasteiger charge is -2.38. The fraction of sp³-hybridized carbons (Fsp3) is 0.615. The van der Waals surface area contributed by atoms with Gasteiger partial charge in [0.05, 0.1) is 4.88 Å². The Hall–Kier alpha value is -0.480. The minimum atomic E-state index is 0.270. The first-order valence-electron chi connectivity index (χ1n) is 6.18. The Morgan fingerprint density at radius 2 is 2.12 bits per heavy atom. The first-order chi connectivity index (χ1) is 8.29. The molecule has 3 atom stereocenters. The Morgan fingerprint density at radius 3 is 2.65 bits per heavy atom. The second kappa shape index (κ2) is 4.65. The minimum Gasteiger partial charge on any atom is -0.332 e. The molecule has 2 nitrogen and oxygen atoms in total. The summed E-state index contributed by atoms with van der Waals surface area (Å²) in [5.41, 5.74) is 0. The first kappa shape index (κ1) is 11.6. The largest absolute Gasteiger partial charge is 0.332 e. The molecule has 2 bridgehead atoms. The van der Waals surface area contributed by atoms with E-state index in [2.05, 4.69) is 11.2 Å². The van der Waals surface area contributed by atoms with Crippen LogP contribution in [0.4, 0.5) is 0 Å². The van der Waals surface area contributed by atoms with E-state index >= 15 is 0 Å². The van der Waals surface area contributed by atoms with Crippen LogP contribution in [0.5, 0.6) is 0 Å². The number of carbonyl (C=O) groups excluding carboxylic acids is 1. The van der Waals surface area contributed by atoms with Gasteiger partial charge in [0.1, 0.15) is 0 Å². The Balaban J connectivity index is 1.79. The molecular formula is C13H17NOS2. The van der Waals surface area contributed by atoms with Crippen LogP contribution in [-0.2, 0) is 0 Å². The fourth-order valence-corrected chi connectivity index (χ4v) is 4.67. The van der Waals surface area contributed by atoms with Crippen molar-refractivity contribution >= 4 is 29.0 Å². The molecule has 92 valence electrons. The predicted octanol–water partition coefficient (Wildman–Crippen LogP) is 3.25. The van der Waals surface area contributed by atoms with Gasteiger partial charge in [-0.05, 0) is 43.4 Å². The zero-order valence-corrected chi connectivity index (χ0v) is 11.6. The summed E-state index contributed by atoms with van der Waals surface area (Å²) in [6.45, 7) is 0. The van der Waals surface area contributed by atoms with Crippen molar-refractivity contribution in [2.45, 2.75) is 43.0 Å². The molecule has 2 aliphatic rings. The smallest absolute Gasteiger partial charge is 0.264 e. The maximum Gasteiger partial charge on any atom is 0.264 e. The van der Waals surface area contributed by atoms with Gasteiger partial charge in [0.2, 0.25) is 0 Å². The maximum atomic E-state index is 12.4. The standard InChI is InChI=1S/C13H17NOS2/c1-16-11-7-9-4-5-10(8-11)14(9)13(15)12-3-2-6-17-12/h2-3,6,9-11H,4-5,7-8H2,1H3/t9-,10+,11?. The van der Waals surface area contributed by atoms with Gasteiger partial charge in [-0.1, -0.05) is 6.07 Å². The third-order valence-electron chi connectivity index (χ3n) is 3.99. The highest BCUT2D eigenvalue weighted by molar-refractivity contribution is 7.99. The lowest BCUT2D eigenvalue weighted by molar-refractivity contribution is 0.0607. The summed E-state index contributed by atoms with van der Waals surface area (Å²) >= 11 is 3.54. The molecule has 2 fully saturated rings. The topological polar surface area (TPSA) is 20.3 Å². The lowest BCUT2D eigenvalue weighted by Crippen LogP contribution is -2.47. The van der Waals surface area contributed by atoms with Crippen molar-refractivity contribution in [3.05, 3.63) is 22.4 Å². The van der Waals surface area contributed by atoms with Crippen molar-refractivity contribution in [1.82, 2.24) is 4.90 Å². The number of piperidine rings is 1. The normalized spacial score (nSPS) is 31.8. The van der Waals surface area contributed by atoms with Crippen molar-refractivity contribution in [2.75, 3.05) is 6.26 Å². The molecule has 2 saturated heterocycles. The van der Waals surface area contributed by atoms with E-state index in [4.69, 9.17) is 0 Å². The molecule has 3 rings (SSSR count). The fourth-order valence-electron chi connectivity index (χ4n) is 3.18. The van der Waals surface area contributed by atoms with Gasteiger partial charge < -0.3 is 4.90 Å². The van der Waals surface area contributed by atoms with Crippen LogP contribution in [0.2, 0.25) is 0 Å². The average molecular weight is 267 g/mol. The number of rotatable bonds is 2. The Labute approximate surface area is 110 Å². The van der Waals surface area contributed by atoms with Crippen molar-refractivity contribution < 1.29 is 4.79 Å². The van der Waals surface area contributed by atoms with E-state index < -0.39 is 0 Å². The quantitative estimate of drug-likeness (QED) is 0.820. The Bertz CT molecular complexity index is 390. The molecular weight excluding hydrogens is 250 g/mol. The highest BCUT2D eigenvalue weighted by Crippen LogP contribution is 2.40. The monoisotopic (exact) mass is 267 g/mol. The molecule has 1 unspecified atom stereocenters. The van der Waals surface area contributed by atoms with Crippen molar-refractivity contribution in [2.24, 2.45) is 0 Å². The molecule has 0 N–H and O–H groups in total. The number of fused-ring (bicyclic) bond motifs is 2. The summed E-state index contributed by atoms with van der Waals surface area (Å²) in [5.74, 6) is 0.270. The van der Waals surface area contributed by atoms with Crippen LogP contribution in [0, 0.1) is 0 Å². The van der Waals surface area contributed by atoms with Crippen molar-refractivity contribution in [3.63, 3.8) is 0 Å². The molecule has 17 heavy (non-hydrogen) atoms. The highest BCUT2D eigenvalue weighted by atomic mass is 32.2. The molecule has 2 aliphatic heterocycles. The van der Waals surface area contributed by atoms with Crippen molar-refractivity contribution in [1.29, 1.82) is 0 Å². The van der Waals surface area contributed by atoms with E-state index in [1.807, 2.05) is 29.3 Å². The van der Waals surface area contributed by atoms with Gasteiger partial charge in [-0.3, -0.25) is 4.79 Å². The van der Waals surface area contributed by atoms with Crippen LogP contribution in [0.15, 0.2) is 17.5 Å². The summed E-state index contributed by atoms with van der Waals surface area (Å²) < 4.78 is 0. The molecule has 0 saturated carbocycles. The lowest BCUT2D eigenvalue weighted by atomic mass is 10.0. The third kappa shape index (κ3) is 2.02. The number of thiophene rings is 1. The zero-order valence-electron chi connectivity index (χ0n) is 9.96. The minimum absolute atomic E-state index is 0.270. The van der Waals surface area contributed by atoms with Gasteiger partial charge in [-0.2, -0.15) is 11.8 Å². The van der Waals surface area contributed by atoms with Gasteiger partial charge >= 0.3 is 0 Å². The average Bonchev–Trinajstić information content (AvgIpc) is 2.95. The molecule has 0 spiro atoms. The molecule has 1 aromatic heterocycles. The van der Waals surface area contributed by atoms with Crippen LogP contribution in [0.1, 0.15) is 35.4 Å². The second-order valence-electron chi connectivity index (χ2n) is 4.90. The molecule has 4 heteroatoms. The molecule has 0 aromatic carbocycles. The maximum absolute atomic E-state index is 12.4. The first-order valence-corrected chi connectivity index (χ1v) is 8.35. The predicted molar refractivity (Wildman–Crippen MR) is 73.8 cm³/mol. The Kier molecular flexibility index (Phi) is 3.17. The SMILES string of the molecule is CSC1C[C@H]2CC[C@@H](C1)N2C(=O)c1cccs1.